The van der Waals surface area contributed by atoms with Gasteiger partial charge in [0.2, 0.25) is 0 Å². The molecule has 0 amide bonds. The predicted molar refractivity (Wildman–Crippen MR) is 53.7 cm³/mol. The molecule has 1 fully saturated rings. The molecular weight excluding hydrogens is 178 g/mol. The molecule has 1 unspecified atom stereocenters. The fourth-order valence-electron chi connectivity index (χ4n) is 1.93. The summed E-state index contributed by atoms with van der Waals surface area (Å²) in [7, 11) is 1.92. The van der Waals surface area contributed by atoms with Crippen LogP contribution in [-0.2, 0) is 11.8 Å². The smallest absolute Gasteiger partial charge is 0.0794 e. The molecule has 0 aliphatic carbocycles. The van der Waals surface area contributed by atoms with Gasteiger partial charge >= 0.3 is 0 Å². The molecule has 1 saturated heterocycles. The molecule has 2 rings (SSSR count). The number of nitrogens with zero attached hydrogens (tertiary/aromatic N) is 2. The molecular formula is C10H17N3O. The number of aryl methyl sites for hydroxylation is 1. The van der Waals surface area contributed by atoms with Gasteiger partial charge < -0.3 is 10.5 Å². The van der Waals surface area contributed by atoms with E-state index in [1.807, 2.05) is 19.3 Å². The normalized spacial score (nSPS) is 21.0. The number of hydrogen-bond acceptors (Lipinski definition) is 3. The van der Waals surface area contributed by atoms with E-state index in [-0.39, 0.29) is 6.04 Å². The van der Waals surface area contributed by atoms with Gasteiger partial charge in [-0.1, -0.05) is 0 Å². The molecule has 4 heteroatoms. The Morgan fingerprint density at radius 3 is 2.86 bits per heavy atom. The van der Waals surface area contributed by atoms with Crippen molar-refractivity contribution in [1.82, 2.24) is 9.78 Å². The summed E-state index contributed by atoms with van der Waals surface area (Å²) in [5, 5.41) is 4.34. The van der Waals surface area contributed by atoms with Crippen LogP contribution in [0.15, 0.2) is 12.3 Å². The minimum Gasteiger partial charge on any atom is -0.381 e. The lowest BCUT2D eigenvalue weighted by Gasteiger charge is -2.26. The van der Waals surface area contributed by atoms with Gasteiger partial charge in [0.15, 0.2) is 0 Å². The summed E-state index contributed by atoms with van der Waals surface area (Å²) >= 11 is 0. The molecule has 1 atom stereocenters. The SMILES string of the molecule is Cn1ccc(C(N)C2CCOCC2)n1. The highest BCUT2D eigenvalue weighted by Crippen LogP contribution is 2.26. The Kier molecular flexibility index (Phi) is 2.84. The summed E-state index contributed by atoms with van der Waals surface area (Å²) in [4.78, 5) is 0. The molecule has 1 aromatic heterocycles. The Hall–Kier alpha value is -0.870. The van der Waals surface area contributed by atoms with Crippen LogP contribution >= 0.6 is 0 Å². The Balaban J connectivity index is 2.03. The minimum absolute atomic E-state index is 0.0695. The highest BCUT2D eigenvalue weighted by Gasteiger charge is 2.23. The van der Waals surface area contributed by atoms with E-state index in [2.05, 4.69) is 5.10 Å². The monoisotopic (exact) mass is 195 g/mol. The van der Waals surface area contributed by atoms with Crippen LogP contribution in [0.3, 0.4) is 0 Å². The Morgan fingerprint density at radius 2 is 2.29 bits per heavy atom. The van der Waals surface area contributed by atoms with Crippen LogP contribution in [0.25, 0.3) is 0 Å². The molecule has 1 aromatic rings. The molecule has 0 spiro atoms. The zero-order chi connectivity index (χ0) is 9.97. The molecule has 2 heterocycles. The van der Waals surface area contributed by atoms with Gasteiger partial charge in [-0.3, -0.25) is 4.68 Å². The summed E-state index contributed by atoms with van der Waals surface area (Å²) in [6, 6.07) is 2.07. The number of aromatic nitrogens is 2. The molecule has 0 radical (unpaired) electrons. The first-order chi connectivity index (χ1) is 6.77. The van der Waals surface area contributed by atoms with Crippen molar-refractivity contribution in [1.29, 1.82) is 0 Å². The van der Waals surface area contributed by atoms with Crippen LogP contribution in [0.4, 0.5) is 0 Å². The molecule has 1 aliphatic heterocycles. The van der Waals surface area contributed by atoms with Gasteiger partial charge in [0.05, 0.1) is 11.7 Å². The van der Waals surface area contributed by atoms with Gasteiger partial charge in [-0.2, -0.15) is 5.10 Å². The summed E-state index contributed by atoms with van der Waals surface area (Å²) in [6.07, 6.45) is 4.05. The van der Waals surface area contributed by atoms with Crippen LogP contribution < -0.4 is 5.73 Å². The lowest BCUT2D eigenvalue weighted by atomic mass is 9.90. The van der Waals surface area contributed by atoms with Crippen molar-refractivity contribution in [3.8, 4) is 0 Å². The number of hydrogen-bond donors (Lipinski definition) is 1. The van der Waals surface area contributed by atoms with E-state index in [1.165, 1.54) is 0 Å². The van der Waals surface area contributed by atoms with Crippen molar-refractivity contribution >= 4 is 0 Å². The third-order valence-corrected chi connectivity index (χ3v) is 2.85. The summed E-state index contributed by atoms with van der Waals surface area (Å²) in [5.41, 5.74) is 7.15. The van der Waals surface area contributed by atoms with Gasteiger partial charge in [-0.25, -0.2) is 0 Å². The van der Waals surface area contributed by atoms with Crippen molar-refractivity contribution in [2.75, 3.05) is 13.2 Å². The molecule has 0 bridgehead atoms. The first kappa shape index (κ1) is 9.68. The zero-order valence-corrected chi connectivity index (χ0v) is 8.52. The number of ether oxygens (including phenoxy) is 1. The van der Waals surface area contributed by atoms with Crippen molar-refractivity contribution < 1.29 is 4.74 Å². The maximum Gasteiger partial charge on any atom is 0.0794 e. The van der Waals surface area contributed by atoms with E-state index < -0.39 is 0 Å². The lowest BCUT2D eigenvalue weighted by molar-refractivity contribution is 0.0579. The van der Waals surface area contributed by atoms with Crippen LogP contribution in [0.2, 0.25) is 0 Å². The van der Waals surface area contributed by atoms with E-state index in [0.29, 0.717) is 5.92 Å². The second-order valence-electron chi connectivity index (χ2n) is 3.89. The van der Waals surface area contributed by atoms with Crippen molar-refractivity contribution in [3.63, 3.8) is 0 Å². The van der Waals surface area contributed by atoms with Crippen LogP contribution in [-0.4, -0.2) is 23.0 Å². The summed E-state index contributed by atoms with van der Waals surface area (Å²) in [5.74, 6) is 0.527. The first-order valence-corrected chi connectivity index (χ1v) is 5.10. The third-order valence-electron chi connectivity index (χ3n) is 2.85. The van der Waals surface area contributed by atoms with Crippen LogP contribution in [0.1, 0.15) is 24.6 Å². The summed E-state index contributed by atoms with van der Waals surface area (Å²) in [6.45, 7) is 1.68. The van der Waals surface area contributed by atoms with Gasteiger partial charge in [0.1, 0.15) is 0 Å². The van der Waals surface area contributed by atoms with Gasteiger partial charge in [0.25, 0.3) is 0 Å². The highest BCUT2D eigenvalue weighted by molar-refractivity contribution is 5.06. The maximum absolute atomic E-state index is 6.15. The Labute approximate surface area is 84.0 Å². The maximum atomic E-state index is 6.15. The number of nitrogens with two attached hydrogens (primary N) is 1. The second-order valence-corrected chi connectivity index (χ2v) is 3.89. The first-order valence-electron chi connectivity index (χ1n) is 5.10. The molecule has 0 saturated carbocycles. The molecule has 0 aromatic carbocycles. The minimum atomic E-state index is 0.0695. The van der Waals surface area contributed by atoms with E-state index in [4.69, 9.17) is 10.5 Å². The van der Waals surface area contributed by atoms with Gasteiger partial charge in [-0.05, 0) is 24.8 Å². The molecule has 4 nitrogen and oxygen atoms in total. The number of rotatable bonds is 2. The largest absolute Gasteiger partial charge is 0.381 e. The standard InChI is InChI=1S/C10H17N3O/c1-13-5-2-9(12-13)10(11)8-3-6-14-7-4-8/h2,5,8,10H,3-4,6-7,11H2,1H3. The zero-order valence-electron chi connectivity index (χ0n) is 8.52. The van der Waals surface area contributed by atoms with E-state index in [0.717, 1.165) is 31.7 Å². The average molecular weight is 195 g/mol. The van der Waals surface area contributed by atoms with E-state index in [1.54, 1.807) is 4.68 Å². The van der Waals surface area contributed by atoms with Crippen molar-refractivity contribution in [2.45, 2.75) is 18.9 Å². The van der Waals surface area contributed by atoms with Crippen molar-refractivity contribution in [3.05, 3.63) is 18.0 Å². The molecule has 14 heavy (non-hydrogen) atoms. The third kappa shape index (κ3) is 1.96. The predicted octanol–water partition coefficient (Wildman–Crippen LogP) is 0.847. The van der Waals surface area contributed by atoms with Crippen LogP contribution in [0, 0.1) is 5.92 Å². The fourth-order valence-corrected chi connectivity index (χ4v) is 1.93. The summed E-state index contributed by atoms with van der Waals surface area (Å²) < 4.78 is 7.11. The lowest BCUT2D eigenvalue weighted by Crippen LogP contribution is -2.27. The van der Waals surface area contributed by atoms with E-state index in [9.17, 15) is 0 Å². The molecule has 78 valence electrons. The van der Waals surface area contributed by atoms with Crippen molar-refractivity contribution in [2.24, 2.45) is 18.7 Å². The molecule has 2 N–H and O–H groups in total. The Morgan fingerprint density at radius 1 is 1.57 bits per heavy atom. The molecule has 1 aliphatic rings. The Bertz CT molecular complexity index is 291. The average Bonchev–Trinajstić information content (AvgIpc) is 2.65. The second kappa shape index (κ2) is 4.11. The topological polar surface area (TPSA) is 53.1 Å². The fraction of sp³-hybridized carbons (Fsp3) is 0.700. The highest BCUT2D eigenvalue weighted by atomic mass is 16.5. The van der Waals surface area contributed by atoms with E-state index >= 15 is 0 Å². The van der Waals surface area contributed by atoms with Gasteiger partial charge in [-0.15, -0.1) is 0 Å². The quantitative estimate of drug-likeness (QED) is 0.761. The van der Waals surface area contributed by atoms with Gasteiger partial charge in [0, 0.05) is 26.5 Å². The van der Waals surface area contributed by atoms with Crippen LogP contribution in [0.5, 0.6) is 0 Å².